The number of aliphatic hydroxyl groups is 1. The lowest BCUT2D eigenvalue weighted by molar-refractivity contribution is 0.210. The molecule has 0 bridgehead atoms. The van der Waals surface area contributed by atoms with Crippen LogP contribution in [0.2, 0.25) is 0 Å². The van der Waals surface area contributed by atoms with Crippen molar-refractivity contribution in [2.45, 2.75) is 44.1 Å². The van der Waals surface area contributed by atoms with E-state index in [2.05, 4.69) is 9.88 Å². The Kier molecular flexibility index (Phi) is 5.22. The molecule has 1 atom stereocenters. The maximum Gasteiger partial charge on any atom is 0.107 e. The summed E-state index contributed by atoms with van der Waals surface area (Å²) in [5.74, 6) is 0.504. The molecular weight excluding hydrogens is 256 g/mol. The topological polar surface area (TPSA) is 36.4 Å². The number of aromatic nitrogens is 1. The fourth-order valence-electron chi connectivity index (χ4n) is 2.41. The number of likely N-dealkylation sites (tertiary alicyclic amines) is 1. The Morgan fingerprint density at radius 1 is 1.59 bits per heavy atom. The van der Waals surface area contributed by atoms with Gasteiger partial charge in [-0.25, -0.2) is 4.98 Å². The van der Waals surface area contributed by atoms with Gasteiger partial charge in [-0.1, -0.05) is 0 Å². The van der Waals surface area contributed by atoms with Crippen molar-refractivity contribution in [1.82, 2.24) is 9.88 Å². The smallest absolute Gasteiger partial charge is 0.107 e. The molecule has 0 aromatic carbocycles. The molecule has 3 nitrogen and oxygen atoms in total. The number of thiazole rings is 1. The maximum atomic E-state index is 8.89. The third-order valence-corrected chi connectivity index (χ3v) is 4.43. The normalized spacial score (nSPS) is 21.2. The van der Waals surface area contributed by atoms with Crippen molar-refractivity contribution >= 4 is 22.9 Å². The first-order chi connectivity index (χ1) is 8.33. The van der Waals surface area contributed by atoms with Crippen molar-refractivity contribution in [3.63, 3.8) is 0 Å². The van der Waals surface area contributed by atoms with Crippen molar-refractivity contribution < 1.29 is 5.11 Å². The molecule has 0 amide bonds. The van der Waals surface area contributed by atoms with Gasteiger partial charge in [0.1, 0.15) is 5.01 Å². The molecule has 0 saturated carbocycles. The Morgan fingerprint density at radius 3 is 3.18 bits per heavy atom. The number of rotatable bonds is 6. The molecule has 5 heteroatoms. The molecule has 2 rings (SSSR count). The molecule has 1 unspecified atom stereocenters. The monoisotopic (exact) mass is 274 g/mol. The molecule has 0 aliphatic carbocycles. The number of hydrogen-bond donors (Lipinski definition) is 1. The summed E-state index contributed by atoms with van der Waals surface area (Å²) >= 11 is 7.46. The Morgan fingerprint density at radius 2 is 2.47 bits per heavy atom. The van der Waals surface area contributed by atoms with Crippen LogP contribution in [0.5, 0.6) is 0 Å². The zero-order chi connectivity index (χ0) is 12.1. The molecule has 1 aliphatic rings. The zero-order valence-corrected chi connectivity index (χ0v) is 11.5. The number of nitrogens with zero attached hydrogens (tertiary/aromatic N) is 2. The molecular formula is C12H19ClN2OS. The van der Waals surface area contributed by atoms with Crippen LogP contribution in [0.15, 0.2) is 5.38 Å². The predicted octanol–water partition coefficient (Wildman–Crippen LogP) is 2.62. The summed E-state index contributed by atoms with van der Waals surface area (Å²) in [4.78, 5) is 7.00. The van der Waals surface area contributed by atoms with Crippen LogP contribution in [0.4, 0.5) is 0 Å². The van der Waals surface area contributed by atoms with Crippen molar-refractivity contribution in [2.24, 2.45) is 0 Å². The Labute approximate surface area is 111 Å². The number of aliphatic hydroxyl groups excluding tert-OH is 1. The van der Waals surface area contributed by atoms with Crippen molar-refractivity contribution in [3.8, 4) is 0 Å². The highest BCUT2D eigenvalue weighted by Crippen LogP contribution is 2.24. The lowest BCUT2D eigenvalue weighted by Crippen LogP contribution is -2.29. The average molecular weight is 275 g/mol. The largest absolute Gasteiger partial charge is 0.396 e. The van der Waals surface area contributed by atoms with Gasteiger partial charge in [-0.3, -0.25) is 4.90 Å². The van der Waals surface area contributed by atoms with E-state index in [0.717, 1.165) is 36.6 Å². The van der Waals surface area contributed by atoms with E-state index in [1.54, 1.807) is 11.3 Å². The third kappa shape index (κ3) is 3.65. The summed E-state index contributed by atoms with van der Waals surface area (Å²) in [5.41, 5.74) is 0.984. The van der Waals surface area contributed by atoms with E-state index in [1.165, 1.54) is 12.8 Å². The summed E-state index contributed by atoms with van der Waals surface area (Å²) in [5, 5.41) is 12.1. The van der Waals surface area contributed by atoms with E-state index in [4.69, 9.17) is 16.7 Å². The molecule has 96 valence electrons. The first-order valence-corrected chi connectivity index (χ1v) is 7.59. The highest BCUT2D eigenvalue weighted by Gasteiger charge is 2.24. The lowest BCUT2D eigenvalue weighted by atomic mass is 10.1. The average Bonchev–Trinajstić information content (AvgIpc) is 2.96. The highest BCUT2D eigenvalue weighted by atomic mass is 35.5. The van der Waals surface area contributed by atoms with E-state index in [1.807, 2.05) is 5.38 Å². The highest BCUT2D eigenvalue weighted by molar-refractivity contribution is 7.09. The van der Waals surface area contributed by atoms with Crippen molar-refractivity contribution in [2.75, 3.05) is 13.2 Å². The third-order valence-electron chi connectivity index (χ3n) is 3.27. The molecule has 1 aromatic rings. The summed E-state index contributed by atoms with van der Waals surface area (Å²) < 4.78 is 0. The SMILES string of the molecule is OCCCC1CCCN1Cc1nc(CCl)cs1. The van der Waals surface area contributed by atoms with Gasteiger partial charge in [-0.05, 0) is 32.2 Å². The molecule has 1 aromatic heterocycles. The van der Waals surface area contributed by atoms with Crippen LogP contribution in [0.25, 0.3) is 0 Å². The Balaban J connectivity index is 1.88. The van der Waals surface area contributed by atoms with Gasteiger partial charge in [0.05, 0.1) is 18.1 Å². The second-order valence-electron chi connectivity index (χ2n) is 4.50. The van der Waals surface area contributed by atoms with Gasteiger partial charge >= 0.3 is 0 Å². The first-order valence-electron chi connectivity index (χ1n) is 6.17. The summed E-state index contributed by atoms with van der Waals surface area (Å²) in [6, 6.07) is 0.630. The van der Waals surface area contributed by atoms with Crippen LogP contribution in [-0.4, -0.2) is 34.2 Å². The molecule has 2 heterocycles. The summed E-state index contributed by atoms with van der Waals surface area (Å²) in [6.45, 7) is 2.40. The van der Waals surface area contributed by atoms with Gasteiger partial charge in [0, 0.05) is 18.0 Å². The maximum absolute atomic E-state index is 8.89. The van der Waals surface area contributed by atoms with E-state index >= 15 is 0 Å². The van der Waals surface area contributed by atoms with E-state index in [0.29, 0.717) is 18.5 Å². The van der Waals surface area contributed by atoms with Gasteiger partial charge in [0.25, 0.3) is 0 Å². The molecule has 1 N–H and O–H groups in total. The fraction of sp³-hybridized carbons (Fsp3) is 0.750. The van der Waals surface area contributed by atoms with Gasteiger partial charge in [0.15, 0.2) is 0 Å². The van der Waals surface area contributed by atoms with E-state index < -0.39 is 0 Å². The summed E-state index contributed by atoms with van der Waals surface area (Å²) in [6.07, 6.45) is 4.54. The van der Waals surface area contributed by atoms with Gasteiger partial charge in [-0.15, -0.1) is 22.9 Å². The van der Waals surface area contributed by atoms with Crippen LogP contribution in [0.3, 0.4) is 0 Å². The van der Waals surface area contributed by atoms with Crippen LogP contribution in [0.1, 0.15) is 36.4 Å². The van der Waals surface area contributed by atoms with Crippen LogP contribution in [0, 0.1) is 0 Å². The molecule has 0 spiro atoms. The van der Waals surface area contributed by atoms with Crippen LogP contribution < -0.4 is 0 Å². The lowest BCUT2D eigenvalue weighted by Gasteiger charge is -2.23. The second-order valence-corrected chi connectivity index (χ2v) is 5.71. The standard InChI is InChI=1S/C12H19ClN2OS/c13-7-10-9-17-12(14-10)8-15-5-1-3-11(15)4-2-6-16/h9,11,16H,1-8H2. The molecule has 1 saturated heterocycles. The van der Waals surface area contributed by atoms with Gasteiger partial charge < -0.3 is 5.11 Å². The fourth-order valence-corrected chi connectivity index (χ4v) is 3.46. The Hall–Kier alpha value is -0.160. The first kappa shape index (κ1) is 13.3. The van der Waals surface area contributed by atoms with E-state index in [9.17, 15) is 0 Å². The zero-order valence-electron chi connectivity index (χ0n) is 9.94. The number of halogens is 1. The van der Waals surface area contributed by atoms with Crippen molar-refractivity contribution in [1.29, 1.82) is 0 Å². The Bertz CT molecular complexity index is 345. The molecule has 17 heavy (non-hydrogen) atoms. The van der Waals surface area contributed by atoms with Crippen molar-refractivity contribution in [3.05, 3.63) is 16.1 Å². The minimum atomic E-state index is 0.304. The predicted molar refractivity (Wildman–Crippen MR) is 71.4 cm³/mol. The van der Waals surface area contributed by atoms with E-state index in [-0.39, 0.29) is 0 Å². The number of alkyl halides is 1. The summed E-state index contributed by atoms with van der Waals surface area (Å²) in [7, 11) is 0. The molecule has 1 fully saturated rings. The molecule has 0 radical (unpaired) electrons. The quantitative estimate of drug-likeness (QED) is 0.810. The minimum absolute atomic E-state index is 0.304. The molecule has 1 aliphatic heterocycles. The minimum Gasteiger partial charge on any atom is -0.396 e. The van der Waals surface area contributed by atoms with Crippen LogP contribution >= 0.6 is 22.9 Å². The van der Waals surface area contributed by atoms with Gasteiger partial charge in [0.2, 0.25) is 0 Å². The van der Waals surface area contributed by atoms with Gasteiger partial charge in [-0.2, -0.15) is 0 Å². The second kappa shape index (κ2) is 6.69. The number of hydrogen-bond acceptors (Lipinski definition) is 4. The van der Waals surface area contributed by atoms with Crippen LogP contribution in [-0.2, 0) is 12.4 Å².